The van der Waals surface area contributed by atoms with Crippen LogP contribution in [0.15, 0.2) is 59.2 Å². The minimum atomic E-state index is -0.442. The molecule has 1 heterocycles. The lowest BCUT2D eigenvalue weighted by Gasteiger charge is -2.18. The highest BCUT2D eigenvalue weighted by Gasteiger charge is 2.25. The van der Waals surface area contributed by atoms with Crippen molar-refractivity contribution in [1.82, 2.24) is 0 Å². The Morgan fingerprint density at radius 2 is 1.73 bits per heavy atom. The average molecular weight is 406 g/mol. The van der Waals surface area contributed by atoms with Gasteiger partial charge in [0.15, 0.2) is 5.70 Å². The van der Waals surface area contributed by atoms with Gasteiger partial charge in [-0.3, -0.25) is 0 Å². The summed E-state index contributed by atoms with van der Waals surface area (Å²) in [6.07, 6.45) is 6.33. The zero-order valence-electron chi connectivity index (χ0n) is 18.4. The van der Waals surface area contributed by atoms with E-state index in [9.17, 15) is 4.79 Å². The molecular weight excluding hydrogens is 374 g/mol. The summed E-state index contributed by atoms with van der Waals surface area (Å²) in [6.45, 7) is 9.36. The predicted molar refractivity (Wildman–Crippen MR) is 122 cm³/mol. The Bertz CT molecular complexity index is 933. The predicted octanol–water partition coefficient (Wildman–Crippen LogP) is 6.29. The number of carbonyl (C=O) groups is 1. The SMILES string of the molecule is CCCCCCOc1ccccc1C=C1N=C(c2ccc(C(C)(C)C)cc2)OC1=O. The van der Waals surface area contributed by atoms with Crippen molar-refractivity contribution >= 4 is 17.9 Å². The molecule has 0 N–H and O–H groups in total. The van der Waals surface area contributed by atoms with Gasteiger partial charge in [0.05, 0.1) is 6.61 Å². The third-order valence-electron chi connectivity index (χ3n) is 5.09. The Morgan fingerprint density at radius 1 is 1.00 bits per heavy atom. The van der Waals surface area contributed by atoms with Crippen molar-refractivity contribution in [2.75, 3.05) is 6.61 Å². The minimum absolute atomic E-state index is 0.0675. The summed E-state index contributed by atoms with van der Waals surface area (Å²) in [5.74, 6) is 0.653. The number of carbonyl (C=O) groups excluding carboxylic acids is 1. The lowest BCUT2D eigenvalue weighted by molar-refractivity contribution is -0.129. The van der Waals surface area contributed by atoms with Gasteiger partial charge in [-0.05, 0) is 41.7 Å². The maximum Gasteiger partial charge on any atom is 0.363 e. The number of aliphatic imine (C=N–C) groups is 1. The first-order valence-electron chi connectivity index (χ1n) is 10.7. The van der Waals surface area contributed by atoms with Gasteiger partial charge in [0.2, 0.25) is 5.90 Å². The van der Waals surface area contributed by atoms with E-state index < -0.39 is 5.97 Å². The van der Waals surface area contributed by atoms with E-state index in [4.69, 9.17) is 9.47 Å². The third kappa shape index (κ3) is 5.59. The molecule has 0 fully saturated rings. The molecule has 0 atom stereocenters. The first kappa shape index (κ1) is 21.8. The van der Waals surface area contributed by atoms with Crippen molar-refractivity contribution in [1.29, 1.82) is 0 Å². The smallest absolute Gasteiger partial charge is 0.363 e. The van der Waals surface area contributed by atoms with Crippen LogP contribution in [-0.2, 0) is 14.9 Å². The molecule has 1 aliphatic heterocycles. The van der Waals surface area contributed by atoms with Crippen LogP contribution >= 0.6 is 0 Å². The van der Waals surface area contributed by atoms with Gasteiger partial charge in [0.1, 0.15) is 5.75 Å². The van der Waals surface area contributed by atoms with Crippen LogP contribution in [0.3, 0.4) is 0 Å². The Kier molecular flexibility index (Phi) is 7.09. The number of nitrogens with zero attached hydrogens (tertiary/aromatic N) is 1. The highest BCUT2D eigenvalue weighted by atomic mass is 16.6. The number of esters is 1. The number of benzene rings is 2. The van der Waals surface area contributed by atoms with Crippen molar-refractivity contribution in [2.45, 2.75) is 58.8 Å². The standard InChI is InChI=1S/C26H31NO3/c1-5-6-7-10-17-29-23-12-9-8-11-20(23)18-22-25(28)30-24(27-22)19-13-15-21(16-14-19)26(2,3)4/h8-9,11-16,18H,5-7,10,17H2,1-4H3. The first-order valence-corrected chi connectivity index (χ1v) is 10.7. The second-order valence-electron chi connectivity index (χ2n) is 8.61. The molecule has 3 rings (SSSR count). The Balaban J connectivity index is 1.76. The molecule has 0 bridgehead atoms. The van der Waals surface area contributed by atoms with Gasteiger partial charge in [-0.1, -0.05) is 77.3 Å². The number of rotatable bonds is 8. The second-order valence-corrected chi connectivity index (χ2v) is 8.61. The highest BCUT2D eigenvalue weighted by Crippen LogP contribution is 2.26. The third-order valence-corrected chi connectivity index (χ3v) is 5.09. The van der Waals surface area contributed by atoms with Crippen LogP contribution in [0.1, 0.15) is 70.1 Å². The molecule has 0 saturated heterocycles. The zero-order valence-corrected chi connectivity index (χ0v) is 18.4. The zero-order chi connectivity index (χ0) is 21.6. The van der Waals surface area contributed by atoms with Crippen LogP contribution in [0.5, 0.6) is 5.75 Å². The van der Waals surface area contributed by atoms with Gasteiger partial charge >= 0.3 is 5.97 Å². The van der Waals surface area contributed by atoms with E-state index in [1.807, 2.05) is 36.4 Å². The van der Waals surface area contributed by atoms with E-state index in [1.54, 1.807) is 6.08 Å². The summed E-state index contributed by atoms with van der Waals surface area (Å²) in [6, 6.07) is 15.7. The van der Waals surface area contributed by atoms with E-state index in [0.29, 0.717) is 12.5 Å². The molecule has 0 radical (unpaired) electrons. The number of para-hydroxylation sites is 1. The second kappa shape index (κ2) is 9.75. The van der Waals surface area contributed by atoms with Crippen LogP contribution in [0.2, 0.25) is 0 Å². The van der Waals surface area contributed by atoms with Gasteiger partial charge in [-0.25, -0.2) is 9.79 Å². The lowest BCUT2D eigenvalue weighted by atomic mass is 9.87. The fourth-order valence-corrected chi connectivity index (χ4v) is 3.23. The molecule has 0 unspecified atom stereocenters. The molecule has 4 heteroatoms. The number of ether oxygens (including phenoxy) is 2. The Hall–Kier alpha value is -2.88. The Morgan fingerprint density at radius 3 is 2.43 bits per heavy atom. The molecule has 2 aromatic carbocycles. The number of unbranched alkanes of at least 4 members (excludes halogenated alkanes) is 3. The number of hydrogen-bond donors (Lipinski definition) is 0. The molecule has 4 nitrogen and oxygen atoms in total. The molecule has 0 aliphatic carbocycles. The fraction of sp³-hybridized carbons (Fsp3) is 0.385. The molecule has 158 valence electrons. The van der Waals surface area contributed by atoms with E-state index in [0.717, 1.165) is 29.7 Å². The maximum atomic E-state index is 12.4. The molecular formula is C26H31NO3. The molecule has 0 amide bonds. The van der Waals surface area contributed by atoms with Gasteiger partial charge in [-0.2, -0.15) is 0 Å². The minimum Gasteiger partial charge on any atom is -0.493 e. The molecule has 30 heavy (non-hydrogen) atoms. The molecule has 1 aliphatic rings. The van der Waals surface area contributed by atoms with Crippen molar-refractivity contribution in [3.05, 3.63) is 70.9 Å². The van der Waals surface area contributed by atoms with Crippen molar-refractivity contribution < 1.29 is 14.3 Å². The number of hydrogen-bond acceptors (Lipinski definition) is 4. The van der Waals surface area contributed by atoms with E-state index in [-0.39, 0.29) is 11.1 Å². The summed E-state index contributed by atoms with van der Waals surface area (Å²) in [4.78, 5) is 16.8. The van der Waals surface area contributed by atoms with Crippen LogP contribution in [0.4, 0.5) is 0 Å². The van der Waals surface area contributed by atoms with Crippen molar-refractivity contribution in [2.24, 2.45) is 4.99 Å². The molecule has 2 aromatic rings. The summed E-state index contributed by atoms with van der Waals surface area (Å²) in [7, 11) is 0. The largest absolute Gasteiger partial charge is 0.493 e. The lowest BCUT2D eigenvalue weighted by Crippen LogP contribution is -2.11. The Labute approximate surface area is 179 Å². The summed E-state index contributed by atoms with van der Waals surface area (Å²) < 4.78 is 11.4. The first-order chi connectivity index (χ1) is 14.4. The fourth-order valence-electron chi connectivity index (χ4n) is 3.23. The van der Waals surface area contributed by atoms with Crippen molar-refractivity contribution in [3.63, 3.8) is 0 Å². The van der Waals surface area contributed by atoms with Crippen molar-refractivity contribution in [3.8, 4) is 5.75 Å². The van der Waals surface area contributed by atoms with Gasteiger partial charge in [-0.15, -0.1) is 0 Å². The molecule has 0 spiro atoms. The highest BCUT2D eigenvalue weighted by molar-refractivity contribution is 6.12. The van der Waals surface area contributed by atoms with E-state index in [2.05, 4.69) is 44.8 Å². The quantitative estimate of drug-likeness (QED) is 0.295. The monoisotopic (exact) mass is 405 g/mol. The van der Waals surface area contributed by atoms with E-state index >= 15 is 0 Å². The normalized spacial score (nSPS) is 15.3. The summed E-state index contributed by atoms with van der Waals surface area (Å²) in [5, 5.41) is 0. The van der Waals surface area contributed by atoms with Gasteiger partial charge in [0, 0.05) is 11.1 Å². The topological polar surface area (TPSA) is 47.9 Å². The molecule has 0 saturated carbocycles. The maximum absolute atomic E-state index is 12.4. The molecule has 0 aromatic heterocycles. The summed E-state index contributed by atoms with van der Waals surface area (Å²) in [5.41, 5.74) is 3.19. The van der Waals surface area contributed by atoms with E-state index in [1.165, 1.54) is 18.4 Å². The van der Waals surface area contributed by atoms with Crippen LogP contribution in [-0.4, -0.2) is 18.5 Å². The van der Waals surface area contributed by atoms with Gasteiger partial charge in [0.25, 0.3) is 0 Å². The van der Waals surface area contributed by atoms with Gasteiger partial charge < -0.3 is 9.47 Å². The summed E-state index contributed by atoms with van der Waals surface area (Å²) >= 11 is 0. The van der Waals surface area contributed by atoms with Crippen LogP contribution in [0, 0.1) is 0 Å². The van der Waals surface area contributed by atoms with Crippen LogP contribution < -0.4 is 4.74 Å². The average Bonchev–Trinajstić information content (AvgIpc) is 3.09. The van der Waals surface area contributed by atoms with Crippen LogP contribution in [0.25, 0.3) is 6.08 Å². The number of cyclic esters (lactones) is 1.